The Labute approximate surface area is 93.7 Å². The third kappa shape index (κ3) is 1.80. The molecule has 5 N–H and O–H groups in total. The molecule has 2 rings (SSSR count). The van der Waals surface area contributed by atoms with Crippen LogP contribution in [-0.4, -0.2) is 27.3 Å². The molecule has 5 heteroatoms. The minimum Gasteiger partial charge on any atom is -0.395 e. The average Bonchev–Trinajstić information content (AvgIpc) is 2.68. The van der Waals surface area contributed by atoms with Crippen molar-refractivity contribution in [3.8, 4) is 0 Å². The quantitative estimate of drug-likeness (QED) is 0.673. The molecule has 5 nitrogen and oxygen atoms in total. The lowest BCUT2D eigenvalue weighted by Gasteiger charge is -2.17. The van der Waals surface area contributed by atoms with Crippen LogP contribution in [0.15, 0.2) is 24.5 Å². The standard InChI is InChI=1S/C11H16N4O/c1-15-6-14-9-4-7(2-3-10(9)15)11(13)8(12)5-16/h2-4,6,8,11,16H,5,12-13H2,1H3. The molecule has 2 unspecified atom stereocenters. The number of hydrogen-bond donors (Lipinski definition) is 3. The van der Waals surface area contributed by atoms with Crippen LogP contribution in [0, 0.1) is 0 Å². The Kier molecular flexibility index (Phi) is 2.91. The second-order valence-corrected chi connectivity index (χ2v) is 3.98. The summed E-state index contributed by atoms with van der Waals surface area (Å²) >= 11 is 0. The highest BCUT2D eigenvalue weighted by Gasteiger charge is 2.15. The first-order chi connectivity index (χ1) is 7.63. The Bertz CT molecular complexity index is 494. The lowest BCUT2D eigenvalue weighted by atomic mass is 10.0. The molecule has 2 aromatic rings. The first-order valence-corrected chi connectivity index (χ1v) is 5.16. The third-order valence-corrected chi connectivity index (χ3v) is 2.81. The van der Waals surface area contributed by atoms with Crippen molar-refractivity contribution in [1.29, 1.82) is 0 Å². The van der Waals surface area contributed by atoms with Gasteiger partial charge in [0, 0.05) is 19.1 Å². The summed E-state index contributed by atoms with van der Waals surface area (Å²) in [5, 5.41) is 8.96. The van der Waals surface area contributed by atoms with Crippen molar-refractivity contribution in [3.05, 3.63) is 30.1 Å². The monoisotopic (exact) mass is 220 g/mol. The van der Waals surface area contributed by atoms with Crippen LogP contribution in [-0.2, 0) is 7.05 Å². The van der Waals surface area contributed by atoms with Crippen molar-refractivity contribution in [2.24, 2.45) is 18.5 Å². The molecule has 1 aromatic heterocycles. The third-order valence-electron chi connectivity index (χ3n) is 2.81. The molecule has 0 aliphatic heterocycles. The van der Waals surface area contributed by atoms with Gasteiger partial charge in [0.05, 0.1) is 24.0 Å². The van der Waals surface area contributed by atoms with Crippen LogP contribution in [0.2, 0.25) is 0 Å². The van der Waals surface area contributed by atoms with Crippen molar-refractivity contribution in [1.82, 2.24) is 9.55 Å². The fourth-order valence-electron chi connectivity index (χ4n) is 1.72. The molecule has 0 spiro atoms. The molecule has 0 aliphatic rings. The fourth-order valence-corrected chi connectivity index (χ4v) is 1.72. The summed E-state index contributed by atoms with van der Waals surface area (Å²) in [4.78, 5) is 4.25. The molecule has 0 bridgehead atoms. The molecule has 2 atom stereocenters. The smallest absolute Gasteiger partial charge is 0.0955 e. The van der Waals surface area contributed by atoms with Crippen LogP contribution in [0.4, 0.5) is 0 Å². The summed E-state index contributed by atoms with van der Waals surface area (Å²) in [6, 6.07) is 4.99. The zero-order chi connectivity index (χ0) is 11.7. The van der Waals surface area contributed by atoms with E-state index in [4.69, 9.17) is 16.6 Å². The first kappa shape index (κ1) is 11.1. The van der Waals surface area contributed by atoms with Crippen LogP contribution in [0.5, 0.6) is 0 Å². The molecule has 1 heterocycles. The molecule has 16 heavy (non-hydrogen) atoms. The van der Waals surface area contributed by atoms with Crippen LogP contribution in [0.25, 0.3) is 11.0 Å². The van der Waals surface area contributed by atoms with Crippen molar-refractivity contribution in [2.75, 3.05) is 6.61 Å². The van der Waals surface area contributed by atoms with Crippen molar-refractivity contribution in [3.63, 3.8) is 0 Å². The maximum Gasteiger partial charge on any atom is 0.0955 e. The minimum absolute atomic E-state index is 0.124. The normalized spacial score (nSPS) is 15.2. The molecular formula is C11H16N4O. The Balaban J connectivity index is 2.39. The van der Waals surface area contributed by atoms with E-state index in [9.17, 15) is 0 Å². The number of fused-ring (bicyclic) bond motifs is 1. The van der Waals surface area contributed by atoms with E-state index in [2.05, 4.69) is 4.98 Å². The van der Waals surface area contributed by atoms with Gasteiger partial charge in [-0.05, 0) is 17.7 Å². The highest BCUT2D eigenvalue weighted by Crippen LogP contribution is 2.19. The largest absolute Gasteiger partial charge is 0.395 e. The number of benzene rings is 1. The number of hydrogen-bond acceptors (Lipinski definition) is 4. The lowest BCUT2D eigenvalue weighted by Crippen LogP contribution is -2.37. The fraction of sp³-hybridized carbons (Fsp3) is 0.364. The number of nitrogens with two attached hydrogens (primary N) is 2. The van der Waals surface area contributed by atoms with Gasteiger partial charge in [0.15, 0.2) is 0 Å². The van der Waals surface area contributed by atoms with Gasteiger partial charge in [-0.2, -0.15) is 0 Å². The second kappa shape index (κ2) is 4.21. The lowest BCUT2D eigenvalue weighted by molar-refractivity contribution is 0.250. The minimum atomic E-state index is -0.443. The zero-order valence-electron chi connectivity index (χ0n) is 9.17. The Morgan fingerprint density at radius 3 is 2.88 bits per heavy atom. The highest BCUT2D eigenvalue weighted by atomic mass is 16.3. The number of aliphatic hydroxyl groups is 1. The maximum atomic E-state index is 8.96. The van der Waals surface area contributed by atoms with Gasteiger partial charge in [0.25, 0.3) is 0 Å². The molecule has 1 aromatic carbocycles. The molecule has 0 amide bonds. The van der Waals surface area contributed by atoms with Crippen LogP contribution in [0.1, 0.15) is 11.6 Å². The van der Waals surface area contributed by atoms with Crippen LogP contribution in [0.3, 0.4) is 0 Å². The van der Waals surface area contributed by atoms with E-state index in [1.165, 1.54) is 0 Å². The second-order valence-electron chi connectivity index (χ2n) is 3.98. The molecule has 0 saturated heterocycles. The predicted octanol–water partition coefficient (Wildman–Crippen LogP) is -0.107. The summed E-state index contributed by atoms with van der Waals surface area (Å²) in [7, 11) is 1.94. The number of aliphatic hydroxyl groups excluding tert-OH is 1. The molecule has 0 fully saturated rings. The summed E-state index contributed by atoms with van der Waals surface area (Å²) < 4.78 is 1.94. The van der Waals surface area contributed by atoms with E-state index < -0.39 is 6.04 Å². The van der Waals surface area contributed by atoms with Crippen molar-refractivity contribution < 1.29 is 5.11 Å². The van der Waals surface area contributed by atoms with Crippen LogP contribution < -0.4 is 11.5 Å². The number of nitrogens with zero attached hydrogens (tertiary/aromatic N) is 2. The van der Waals surface area contributed by atoms with E-state index in [0.717, 1.165) is 16.6 Å². The van der Waals surface area contributed by atoms with Crippen LogP contribution >= 0.6 is 0 Å². The van der Waals surface area contributed by atoms with Gasteiger partial charge in [-0.15, -0.1) is 0 Å². The van der Waals surface area contributed by atoms with E-state index in [1.807, 2.05) is 29.8 Å². The zero-order valence-corrected chi connectivity index (χ0v) is 9.17. The molecule has 0 aliphatic carbocycles. The summed E-state index contributed by atoms with van der Waals surface area (Å²) in [6.45, 7) is -0.124. The number of imidazole rings is 1. The molecular weight excluding hydrogens is 204 g/mol. The van der Waals surface area contributed by atoms with Gasteiger partial charge in [-0.3, -0.25) is 0 Å². The van der Waals surface area contributed by atoms with E-state index in [1.54, 1.807) is 6.33 Å². The topological polar surface area (TPSA) is 90.1 Å². The first-order valence-electron chi connectivity index (χ1n) is 5.16. The average molecular weight is 220 g/mol. The Hall–Kier alpha value is -1.43. The van der Waals surface area contributed by atoms with Crippen molar-refractivity contribution in [2.45, 2.75) is 12.1 Å². The van der Waals surface area contributed by atoms with E-state index in [0.29, 0.717) is 0 Å². The van der Waals surface area contributed by atoms with E-state index >= 15 is 0 Å². The van der Waals surface area contributed by atoms with Gasteiger partial charge in [0.2, 0.25) is 0 Å². The molecule has 0 radical (unpaired) electrons. The predicted molar refractivity (Wildman–Crippen MR) is 62.7 cm³/mol. The summed E-state index contributed by atoms with van der Waals surface area (Å²) in [6.07, 6.45) is 1.76. The molecule has 86 valence electrons. The van der Waals surface area contributed by atoms with Gasteiger partial charge in [-0.1, -0.05) is 6.07 Å². The Morgan fingerprint density at radius 2 is 2.19 bits per heavy atom. The van der Waals surface area contributed by atoms with Gasteiger partial charge >= 0.3 is 0 Å². The Morgan fingerprint density at radius 1 is 1.44 bits per heavy atom. The van der Waals surface area contributed by atoms with E-state index in [-0.39, 0.29) is 12.6 Å². The summed E-state index contributed by atoms with van der Waals surface area (Å²) in [5.41, 5.74) is 14.5. The highest BCUT2D eigenvalue weighted by molar-refractivity contribution is 5.76. The number of aromatic nitrogens is 2. The van der Waals surface area contributed by atoms with Gasteiger partial charge < -0.3 is 21.1 Å². The van der Waals surface area contributed by atoms with Crippen molar-refractivity contribution >= 4 is 11.0 Å². The summed E-state index contributed by atoms with van der Waals surface area (Å²) in [5.74, 6) is 0. The number of aryl methyl sites for hydroxylation is 1. The van der Waals surface area contributed by atoms with Gasteiger partial charge in [0.1, 0.15) is 0 Å². The molecule has 0 saturated carbocycles. The number of rotatable bonds is 3. The SMILES string of the molecule is Cn1cnc2cc(C(N)C(N)CO)ccc21. The maximum absolute atomic E-state index is 8.96. The van der Waals surface area contributed by atoms with Gasteiger partial charge in [-0.25, -0.2) is 4.98 Å².